The second-order valence-corrected chi connectivity index (χ2v) is 6.96. The lowest BCUT2D eigenvalue weighted by Gasteiger charge is -2.09. The molecule has 0 aliphatic rings. The molecule has 0 atom stereocenters. The molecule has 0 bridgehead atoms. The number of carbonyl (C=O) groups is 1. The van der Waals surface area contributed by atoms with E-state index in [1.807, 2.05) is 0 Å². The molecule has 9 heteroatoms. The molecule has 8 nitrogen and oxygen atoms in total. The van der Waals surface area contributed by atoms with E-state index in [9.17, 15) is 25.0 Å². The zero-order chi connectivity index (χ0) is 20.8. The van der Waals surface area contributed by atoms with Gasteiger partial charge >= 0.3 is 5.97 Å². The Balaban J connectivity index is 1.69. The lowest BCUT2D eigenvalue weighted by atomic mass is 10.2. The Kier molecular flexibility index (Phi) is 6.20. The van der Waals surface area contributed by atoms with Crippen molar-refractivity contribution in [1.82, 2.24) is 0 Å². The van der Waals surface area contributed by atoms with Crippen LogP contribution in [0.5, 0.6) is 0 Å². The van der Waals surface area contributed by atoms with Crippen molar-refractivity contribution in [3.63, 3.8) is 0 Å². The molecule has 0 unspecified atom stereocenters. The van der Waals surface area contributed by atoms with Crippen molar-refractivity contribution in [1.29, 1.82) is 0 Å². The summed E-state index contributed by atoms with van der Waals surface area (Å²) < 4.78 is 5.33. The molecule has 0 aliphatic heterocycles. The maximum absolute atomic E-state index is 12.5. The first kappa shape index (κ1) is 20.0. The third-order valence-corrected chi connectivity index (χ3v) is 4.98. The van der Waals surface area contributed by atoms with Crippen molar-refractivity contribution in [2.24, 2.45) is 0 Å². The maximum Gasteiger partial charge on any atom is 0.339 e. The Bertz CT molecular complexity index is 1050. The molecule has 3 rings (SSSR count). The van der Waals surface area contributed by atoms with Gasteiger partial charge < -0.3 is 4.74 Å². The third kappa shape index (κ3) is 5.17. The van der Waals surface area contributed by atoms with Gasteiger partial charge in [-0.15, -0.1) is 0 Å². The Morgan fingerprint density at radius 2 is 1.38 bits per heavy atom. The van der Waals surface area contributed by atoms with E-state index < -0.39 is 15.8 Å². The standard InChI is InChI=1S/C20H14N2O6S/c23-20(28-13-14-5-7-15(8-6-14)21(24)25)18-3-1-2-4-19(18)29-17-11-9-16(10-12-17)22(26)27/h1-12H,13H2. The predicted octanol–water partition coefficient (Wildman–Crippen LogP) is 5.01. The zero-order valence-corrected chi connectivity index (χ0v) is 15.7. The molecule has 3 aromatic carbocycles. The number of carbonyl (C=O) groups excluding carboxylic acids is 1. The van der Waals surface area contributed by atoms with E-state index >= 15 is 0 Å². The van der Waals surface area contributed by atoms with Crippen LogP contribution in [-0.2, 0) is 11.3 Å². The molecule has 0 spiro atoms. The summed E-state index contributed by atoms with van der Waals surface area (Å²) >= 11 is 1.29. The second kappa shape index (κ2) is 8.98. The Labute approximate surface area is 169 Å². The van der Waals surface area contributed by atoms with Crippen molar-refractivity contribution in [3.8, 4) is 0 Å². The normalized spacial score (nSPS) is 10.3. The van der Waals surface area contributed by atoms with Gasteiger partial charge in [-0.2, -0.15) is 0 Å². The molecule has 0 amide bonds. The van der Waals surface area contributed by atoms with Crippen LogP contribution in [0.4, 0.5) is 11.4 Å². The van der Waals surface area contributed by atoms with Crippen LogP contribution in [0.1, 0.15) is 15.9 Å². The highest BCUT2D eigenvalue weighted by Gasteiger charge is 2.15. The van der Waals surface area contributed by atoms with Crippen LogP contribution in [0.2, 0.25) is 0 Å². The van der Waals surface area contributed by atoms with Crippen molar-refractivity contribution < 1.29 is 19.4 Å². The summed E-state index contributed by atoms with van der Waals surface area (Å²) in [5.41, 5.74) is 0.942. The highest BCUT2D eigenvalue weighted by molar-refractivity contribution is 7.99. The number of nitro benzene ring substituents is 2. The van der Waals surface area contributed by atoms with Gasteiger partial charge in [0.15, 0.2) is 0 Å². The number of nitrogens with zero attached hydrogens (tertiary/aromatic N) is 2. The molecule has 29 heavy (non-hydrogen) atoms. The maximum atomic E-state index is 12.5. The number of non-ortho nitro benzene ring substituents is 2. The molecule has 0 saturated heterocycles. The molecule has 0 N–H and O–H groups in total. The van der Waals surface area contributed by atoms with Crippen LogP contribution in [0.3, 0.4) is 0 Å². The molecule has 0 aliphatic carbocycles. The van der Waals surface area contributed by atoms with Gasteiger partial charge in [0.05, 0.1) is 15.4 Å². The summed E-state index contributed by atoms with van der Waals surface area (Å²) in [5, 5.41) is 21.4. The largest absolute Gasteiger partial charge is 0.457 e. The Morgan fingerprint density at radius 3 is 1.97 bits per heavy atom. The Morgan fingerprint density at radius 1 is 0.828 bits per heavy atom. The van der Waals surface area contributed by atoms with E-state index in [2.05, 4.69) is 0 Å². The van der Waals surface area contributed by atoms with Gasteiger partial charge in [0.2, 0.25) is 0 Å². The van der Waals surface area contributed by atoms with Gasteiger partial charge in [0.25, 0.3) is 11.4 Å². The fraction of sp³-hybridized carbons (Fsp3) is 0.0500. The molecule has 146 valence electrons. The summed E-state index contributed by atoms with van der Waals surface area (Å²) in [5.74, 6) is -0.534. The van der Waals surface area contributed by atoms with Crippen molar-refractivity contribution in [2.75, 3.05) is 0 Å². The minimum Gasteiger partial charge on any atom is -0.457 e. The summed E-state index contributed by atoms with van der Waals surface area (Å²) in [7, 11) is 0. The minimum absolute atomic E-state index is 0.00913. The van der Waals surface area contributed by atoms with Gasteiger partial charge in [-0.3, -0.25) is 20.2 Å². The van der Waals surface area contributed by atoms with Crippen molar-refractivity contribution in [2.45, 2.75) is 16.4 Å². The SMILES string of the molecule is O=C(OCc1ccc([N+](=O)[O-])cc1)c1ccccc1Sc1ccc([N+](=O)[O-])cc1. The number of hydrogen-bond acceptors (Lipinski definition) is 7. The number of rotatable bonds is 7. The first-order chi connectivity index (χ1) is 13.9. The highest BCUT2D eigenvalue weighted by atomic mass is 32.2. The number of hydrogen-bond donors (Lipinski definition) is 0. The van der Waals surface area contributed by atoms with Crippen LogP contribution in [0.25, 0.3) is 0 Å². The molecule has 0 radical (unpaired) electrons. The van der Waals surface area contributed by atoms with Crippen LogP contribution in [0.15, 0.2) is 82.6 Å². The van der Waals surface area contributed by atoms with Crippen LogP contribution in [0, 0.1) is 20.2 Å². The van der Waals surface area contributed by atoms with Gasteiger partial charge in [-0.05, 0) is 42.0 Å². The van der Waals surface area contributed by atoms with Gasteiger partial charge in [-0.25, -0.2) is 4.79 Å². The van der Waals surface area contributed by atoms with Crippen molar-refractivity contribution in [3.05, 3.63) is 104 Å². The van der Waals surface area contributed by atoms with Gasteiger partial charge in [-0.1, -0.05) is 23.9 Å². The Hall–Kier alpha value is -3.72. The van der Waals surface area contributed by atoms with E-state index in [1.54, 1.807) is 36.4 Å². The molecular formula is C20H14N2O6S. The summed E-state index contributed by atoms with van der Waals surface area (Å²) in [6.07, 6.45) is 0. The molecule has 3 aromatic rings. The van der Waals surface area contributed by atoms with E-state index in [-0.39, 0.29) is 18.0 Å². The zero-order valence-electron chi connectivity index (χ0n) is 14.9. The summed E-state index contributed by atoms with van der Waals surface area (Å²) in [6.45, 7) is -0.0205. The van der Waals surface area contributed by atoms with Crippen LogP contribution < -0.4 is 0 Å². The molecule has 0 aromatic heterocycles. The second-order valence-electron chi connectivity index (χ2n) is 5.85. The van der Waals surface area contributed by atoms with Crippen molar-refractivity contribution >= 4 is 29.1 Å². The monoisotopic (exact) mass is 410 g/mol. The van der Waals surface area contributed by atoms with E-state index in [0.717, 1.165) is 4.90 Å². The van der Waals surface area contributed by atoms with Gasteiger partial charge in [0, 0.05) is 34.1 Å². The van der Waals surface area contributed by atoms with Crippen LogP contribution in [-0.4, -0.2) is 15.8 Å². The highest BCUT2D eigenvalue weighted by Crippen LogP contribution is 2.32. The topological polar surface area (TPSA) is 113 Å². The van der Waals surface area contributed by atoms with E-state index in [1.165, 1.54) is 48.2 Å². The number of benzene rings is 3. The smallest absolute Gasteiger partial charge is 0.339 e. The first-order valence-corrected chi connectivity index (χ1v) is 9.17. The lowest BCUT2D eigenvalue weighted by Crippen LogP contribution is -2.06. The minimum atomic E-state index is -0.534. The number of ether oxygens (including phenoxy) is 1. The predicted molar refractivity (Wildman–Crippen MR) is 106 cm³/mol. The first-order valence-electron chi connectivity index (χ1n) is 8.36. The fourth-order valence-electron chi connectivity index (χ4n) is 2.43. The fourth-order valence-corrected chi connectivity index (χ4v) is 3.36. The molecule has 0 saturated carbocycles. The average Bonchev–Trinajstić information content (AvgIpc) is 2.73. The van der Waals surface area contributed by atoms with Crippen LogP contribution >= 0.6 is 11.8 Å². The average molecular weight is 410 g/mol. The van der Waals surface area contributed by atoms with E-state index in [4.69, 9.17) is 4.74 Å². The lowest BCUT2D eigenvalue weighted by molar-refractivity contribution is -0.385. The molecular weight excluding hydrogens is 396 g/mol. The third-order valence-electron chi connectivity index (χ3n) is 3.90. The molecule has 0 fully saturated rings. The summed E-state index contributed by atoms with van der Waals surface area (Å²) in [6, 6.07) is 18.7. The number of esters is 1. The number of nitro groups is 2. The molecule has 0 heterocycles. The van der Waals surface area contributed by atoms with E-state index in [0.29, 0.717) is 16.0 Å². The summed E-state index contributed by atoms with van der Waals surface area (Å²) in [4.78, 5) is 34.4. The van der Waals surface area contributed by atoms with Gasteiger partial charge in [0.1, 0.15) is 6.61 Å². The quantitative estimate of drug-likeness (QED) is 0.305.